The third kappa shape index (κ3) is 3.20. The Balaban J connectivity index is 2.71. The molecule has 0 aliphatic rings. The van der Waals surface area contributed by atoms with Crippen LogP contribution in [0.1, 0.15) is 32.9 Å². The number of hydrogen-bond donors (Lipinski definition) is 1. The highest BCUT2D eigenvalue weighted by molar-refractivity contribution is 5.99. The van der Waals surface area contributed by atoms with Crippen LogP contribution in [0.2, 0.25) is 0 Å². The zero-order valence-corrected chi connectivity index (χ0v) is 13.3. The monoisotopic (exact) mass is 288 g/mol. The molecule has 0 aliphatic heterocycles. The van der Waals surface area contributed by atoms with Crippen LogP contribution in [0.15, 0.2) is 18.2 Å². The molecule has 0 spiro atoms. The van der Waals surface area contributed by atoms with Crippen LogP contribution in [0.4, 0.5) is 5.69 Å². The average Bonchev–Trinajstić information content (AvgIpc) is 2.49. The number of anilines is 1. The van der Waals surface area contributed by atoms with Gasteiger partial charge >= 0.3 is 0 Å². The van der Waals surface area contributed by atoms with Gasteiger partial charge in [-0.15, -0.1) is 0 Å². The van der Waals surface area contributed by atoms with E-state index in [-0.39, 0.29) is 0 Å². The van der Waals surface area contributed by atoms with Gasteiger partial charge in [0.2, 0.25) is 0 Å². The van der Waals surface area contributed by atoms with Crippen LogP contribution < -0.4 is 14.8 Å². The van der Waals surface area contributed by atoms with E-state index in [1.165, 1.54) is 0 Å². The van der Waals surface area contributed by atoms with Gasteiger partial charge in [0.15, 0.2) is 0 Å². The number of ether oxygens (including phenoxy) is 2. The Morgan fingerprint density at radius 3 is 2.33 bits per heavy atom. The molecule has 1 heterocycles. The Bertz CT molecular complexity index is 611. The summed E-state index contributed by atoms with van der Waals surface area (Å²) >= 11 is 0. The Kier molecular flexibility index (Phi) is 5.26. The van der Waals surface area contributed by atoms with Crippen molar-refractivity contribution in [3.05, 3.63) is 23.9 Å². The fraction of sp³-hybridized carbons (Fsp3) is 0.471. The molecule has 0 saturated carbocycles. The first-order valence-corrected chi connectivity index (χ1v) is 7.65. The average molecular weight is 288 g/mol. The Morgan fingerprint density at radius 1 is 1.05 bits per heavy atom. The number of nitrogens with one attached hydrogen (secondary N) is 1. The minimum absolute atomic E-state index is 0.623. The second kappa shape index (κ2) is 7.16. The third-order valence-electron chi connectivity index (χ3n) is 3.31. The molecule has 21 heavy (non-hydrogen) atoms. The van der Waals surface area contributed by atoms with E-state index < -0.39 is 0 Å². The number of fused-ring (bicyclic) bond motifs is 1. The summed E-state index contributed by atoms with van der Waals surface area (Å²) in [6.07, 6.45) is 2.02. The van der Waals surface area contributed by atoms with Crippen LogP contribution in [0.25, 0.3) is 10.9 Å². The van der Waals surface area contributed by atoms with E-state index in [9.17, 15) is 0 Å². The van der Waals surface area contributed by atoms with Gasteiger partial charge in [-0.3, -0.25) is 0 Å². The molecule has 2 rings (SSSR count). The van der Waals surface area contributed by atoms with Gasteiger partial charge in [-0.25, -0.2) is 4.98 Å². The Morgan fingerprint density at radius 2 is 1.71 bits per heavy atom. The van der Waals surface area contributed by atoms with Crippen LogP contribution >= 0.6 is 0 Å². The predicted molar refractivity (Wildman–Crippen MR) is 87.6 cm³/mol. The number of hydrogen-bond acceptors (Lipinski definition) is 4. The molecule has 0 unspecified atom stereocenters. The second-order valence-corrected chi connectivity index (χ2v) is 4.81. The molecule has 1 aromatic heterocycles. The summed E-state index contributed by atoms with van der Waals surface area (Å²) in [7, 11) is 1.92. The SMILES string of the molecule is CCCc1cc(NC)c2c(OCC)ccc(OCC)c2n1. The third-order valence-corrected chi connectivity index (χ3v) is 3.31. The molecule has 0 radical (unpaired) electrons. The van der Waals surface area contributed by atoms with Crippen molar-refractivity contribution in [2.24, 2.45) is 0 Å². The lowest BCUT2D eigenvalue weighted by Gasteiger charge is -2.16. The summed E-state index contributed by atoms with van der Waals surface area (Å²) in [6, 6.07) is 6.00. The Labute approximate surface area is 126 Å². The molecule has 4 nitrogen and oxygen atoms in total. The normalized spacial score (nSPS) is 10.7. The summed E-state index contributed by atoms with van der Waals surface area (Å²) < 4.78 is 11.5. The lowest BCUT2D eigenvalue weighted by atomic mass is 10.1. The Hall–Kier alpha value is -1.97. The fourth-order valence-corrected chi connectivity index (χ4v) is 2.47. The summed E-state index contributed by atoms with van der Waals surface area (Å²) in [4.78, 5) is 4.79. The van der Waals surface area contributed by atoms with Crippen molar-refractivity contribution in [2.45, 2.75) is 33.6 Å². The molecule has 114 valence electrons. The maximum Gasteiger partial charge on any atom is 0.145 e. The van der Waals surface area contributed by atoms with Crippen LogP contribution in [-0.4, -0.2) is 25.2 Å². The molecular formula is C17H24N2O2. The van der Waals surface area contributed by atoms with E-state index in [0.717, 1.165) is 46.6 Å². The predicted octanol–water partition coefficient (Wildman–Crippen LogP) is 4.03. The van der Waals surface area contributed by atoms with E-state index in [1.807, 2.05) is 33.0 Å². The molecule has 0 aliphatic carbocycles. The minimum Gasteiger partial charge on any atom is -0.493 e. The van der Waals surface area contributed by atoms with Crippen molar-refractivity contribution in [3.8, 4) is 11.5 Å². The molecule has 1 N–H and O–H groups in total. The molecular weight excluding hydrogens is 264 g/mol. The van der Waals surface area contributed by atoms with Gasteiger partial charge in [0, 0.05) is 18.4 Å². The number of rotatable bonds is 7. The number of nitrogens with zero attached hydrogens (tertiary/aromatic N) is 1. The molecule has 0 fully saturated rings. The van der Waals surface area contributed by atoms with Crippen molar-refractivity contribution in [1.29, 1.82) is 0 Å². The van der Waals surface area contributed by atoms with Gasteiger partial charge in [-0.2, -0.15) is 0 Å². The second-order valence-electron chi connectivity index (χ2n) is 4.81. The van der Waals surface area contributed by atoms with Crippen molar-refractivity contribution >= 4 is 16.6 Å². The van der Waals surface area contributed by atoms with Crippen molar-refractivity contribution in [1.82, 2.24) is 4.98 Å². The minimum atomic E-state index is 0.623. The van der Waals surface area contributed by atoms with Gasteiger partial charge in [0.05, 0.1) is 18.6 Å². The van der Waals surface area contributed by atoms with Crippen LogP contribution in [0.3, 0.4) is 0 Å². The molecule has 0 atom stereocenters. The maximum atomic E-state index is 5.76. The highest BCUT2D eigenvalue weighted by Gasteiger charge is 2.14. The van der Waals surface area contributed by atoms with Crippen LogP contribution in [-0.2, 0) is 6.42 Å². The molecule has 4 heteroatoms. The number of benzene rings is 1. The summed E-state index contributed by atoms with van der Waals surface area (Å²) in [5, 5.41) is 4.25. The van der Waals surface area contributed by atoms with E-state index >= 15 is 0 Å². The molecule has 0 bridgehead atoms. The maximum absolute atomic E-state index is 5.76. The van der Waals surface area contributed by atoms with Crippen LogP contribution in [0, 0.1) is 0 Å². The number of aryl methyl sites for hydroxylation is 1. The van der Waals surface area contributed by atoms with Crippen molar-refractivity contribution < 1.29 is 9.47 Å². The topological polar surface area (TPSA) is 43.4 Å². The van der Waals surface area contributed by atoms with E-state index in [0.29, 0.717) is 13.2 Å². The molecule has 0 amide bonds. The standard InChI is InChI=1S/C17H24N2O2/c1-5-8-12-11-13(18-4)16-14(20-6-2)9-10-15(21-7-3)17(16)19-12/h9-11H,5-8H2,1-4H3,(H,18,19). The van der Waals surface area contributed by atoms with Crippen molar-refractivity contribution in [2.75, 3.05) is 25.6 Å². The van der Waals surface area contributed by atoms with Gasteiger partial charge in [0.1, 0.15) is 17.0 Å². The largest absolute Gasteiger partial charge is 0.493 e. The van der Waals surface area contributed by atoms with E-state index in [1.54, 1.807) is 0 Å². The summed E-state index contributed by atoms with van der Waals surface area (Å²) in [5.41, 5.74) is 2.98. The van der Waals surface area contributed by atoms with E-state index in [4.69, 9.17) is 14.5 Å². The summed E-state index contributed by atoms with van der Waals surface area (Å²) in [6.45, 7) is 7.38. The fourth-order valence-electron chi connectivity index (χ4n) is 2.47. The first-order valence-electron chi connectivity index (χ1n) is 7.65. The first kappa shape index (κ1) is 15.4. The summed E-state index contributed by atoms with van der Waals surface area (Å²) in [5.74, 6) is 1.65. The van der Waals surface area contributed by atoms with E-state index in [2.05, 4.69) is 18.3 Å². The van der Waals surface area contributed by atoms with Crippen LogP contribution in [0.5, 0.6) is 11.5 Å². The zero-order chi connectivity index (χ0) is 15.2. The highest BCUT2D eigenvalue weighted by atomic mass is 16.5. The zero-order valence-electron chi connectivity index (χ0n) is 13.3. The van der Waals surface area contributed by atoms with Gasteiger partial charge in [0.25, 0.3) is 0 Å². The number of aromatic nitrogens is 1. The molecule has 0 saturated heterocycles. The first-order chi connectivity index (χ1) is 10.2. The van der Waals surface area contributed by atoms with Gasteiger partial charge in [-0.1, -0.05) is 13.3 Å². The van der Waals surface area contributed by atoms with Gasteiger partial charge < -0.3 is 14.8 Å². The molecule has 1 aromatic carbocycles. The lowest BCUT2D eigenvalue weighted by Crippen LogP contribution is -2.02. The van der Waals surface area contributed by atoms with Crippen molar-refractivity contribution in [3.63, 3.8) is 0 Å². The molecule has 2 aromatic rings. The number of pyridine rings is 1. The van der Waals surface area contributed by atoms with Gasteiger partial charge in [-0.05, 0) is 38.5 Å². The quantitative estimate of drug-likeness (QED) is 0.835. The highest BCUT2D eigenvalue weighted by Crippen LogP contribution is 2.37. The lowest BCUT2D eigenvalue weighted by molar-refractivity contribution is 0.336. The smallest absolute Gasteiger partial charge is 0.145 e.